The average molecular weight is 267 g/mol. The molecule has 0 saturated heterocycles. The SMILES string of the molecule is Cc1nn(-c2[nH]ncc2F)cc1C(=O)NC(C)CO. The fourth-order valence-electron chi connectivity index (χ4n) is 1.57. The number of aliphatic hydroxyl groups is 1. The van der Waals surface area contributed by atoms with Gasteiger partial charge in [-0.3, -0.25) is 9.89 Å². The predicted octanol–water partition coefficient (Wildman–Crippen LogP) is 0.154. The van der Waals surface area contributed by atoms with Gasteiger partial charge in [0.2, 0.25) is 0 Å². The minimum atomic E-state index is -0.557. The molecule has 19 heavy (non-hydrogen) atoms. The van der Waals surface area contributed by atoms with Crippen LogP contribution in [0.1, 0.15) is 23.0 Å². The third kappa shape index (κ3) is 2.63. The molecule has 2 aromatic heterocycles. The summed E-state index contributed by atoms with van der Waals surface area (Å²) in [5.74, 6) is -0.860. The first-order valence-corrected chi connectivity index (χ1v) is 5.70. The minimum absolute atomic E-state index is 0.0670. The number of aromatic amines is 1. The summed E-state index contributed by atoms with van der Waals surface area (Å²) < 4.78 is 14.6. The van der Waals surface area contributed by atoms with Crippen molar-refractivity contribution in [2.75, 3.05) is 6.61 Å². The molecule has 0 fully saturated rings. The van der Waals surface area contributed by atoms with E-state index >= 15 is 0 Å². The van der Waals surface area contributed by atoms with Gasteiger partial charge >= 0.3 is 0 Å². The third-order valence-electron chi connectivity index (χ3n) is 2.60. The van der Waals surface area contributed by atoms with E-state index in [0.29, 0.717) is 11.3 Å². The molecular formula is C11H14FN5O2. The predicted molar refractivity (Wildman–Crippen MR) is 64.4 cm³/mol. The molecule has 0 aliphatic rings. The molecule has 2 heterocycles. The number of carbonyl (C=O) groups excluding carboxylic acids is 1. The van der Waals surface area contributed by atoms with Crippen LogP contribution >= 0.6 is 0 Å². The summed E-state index contributed by atoms with van der Waals surface area (Å²) in [5, 5.41) is 21.5. The van der Waals surface area contributed by atoms with Gasteiger partial charge in [-0.1, -0.05) is 0 Å². The molecule has 1 amide bonds. The zero-order valence-electron chi connectivity index (χ0n) is 10.5. The van der Waals surface area contributed by atoms with Crippen molar-refractivity contribution in [3.8, 4) is 5.82 Å². The highest BCUT2D eigenvalue weighted by Gasteiger charge is 2.17. The van der Waals surface area contributed by atoms with Gasteiger partial charge in [0.25, 0.3) is 5.91 Å². The van der Waals surface area contributed by atoms with E-state index in [-0.39, 0.29) is 24.4 Å². The first-order valence-electron chi connectivity index (χ1n) is 5.70. The zero-order chi connectivity index (χ0) is 14.0. The summed E-state index contributed by atoms with van der Waals surface area (Å²) in [4.78, 5) is 11.9. The summed E-state index contributed by atoms with van der Waals surface area (Å²) in [6.07, 6.45) is 2.44. The van der Waals surface area contributed by atoms with Crippen LogP contribution in [0.3, 0.4) is 0 Å². The van der Waals surface area contributed by atoms with Gasteiger partial charge in [-0.2, -0.15) is 10.2 Å². The smallest absolute Gasteiger partial charge is 0.255 e. The molecule has 1 unspecified atom stereocenters. The van der Waals surface area contributed by atoms with Crippen LogP contribution in [0.4, 0.5) is 4.39 Å². The first-order chi connectivity index (χ1) is 9.02. The lowest BCUT2D eigenvalue weighted by molar-refractivity contribution is 0.0921. The fourth-order valence-corrected chi connectivity index (χ4v) is 1.57. The molecule has 0 spiro atoms. The molecule has 0 radical (unpaired) electrons. The van der Waals surface area contributed by atoms with Gasteiger partial charge < -0.3 is 10.4 Å². The van der Waals surface area contributed by atoms with Gasteiger partial charge in [-0.15, -0.1) is 0 Å². The number of hydrogen-bond acceptors (Lipinski definition) is 4. The Hall–Kier alpha value is -2.22. The second-order valence-corrected chi connectivity index (χ2v) is 4.20. The molecule has 1 atom stereocenters. The van der Waals surface area contributed by atoms with Crippen molar-refractivity contribution >= 4 is 5.91 Å². The number of aliphatic hydroxyl groups excluding tert-OH is 1. The molecule has 2 aromatic rings. The van der Waals surface area contributed by atoms with Gasteiger partial charge in [0.05, 0.1) is 24.1 Å². The van der Waals surface area contributed by atoms with Crippen LogP contribution in [0, 0.1) is 12.7 Å². The van der Waals surface area contributed by atoms with Gasteiger partial charge in [0, 0.05) is 12.2 Å². The normalized spacial score (nSPS) is 12.4. The number of nitrogens with one attached hydrogen (secondary N) is 2. The van der Waals surface area contributed by atoms with Crippen LogP contribution in [0.2, 0.25) is 0 Å². The molecule has 0 bridgehead atoms. The number of rotatable bonds is 4. The van der Waals surface area contributed by atoms with Gasteiger partial charge in [0.1, 0.15) is 0 Å². The largest absolute Gasteiger partial charge is 0.394 e. The number of carbonyl (C=O) groups is 1. The van der Waals surface area contributed by atoms with Gasteiger partial charge in [-0.05, 0) is 13.8 Å². The number of aryl methyl sites for hydroxylation is 1. The van der Waals surface area contributed by atoms with Crippen molar-refractivity contribution in [2.24, 2.45) is 0 Å². The Morgan fingerprint density at radius 1 is 1.68 bits per heavy atom. The van der Waals surface area contributed by atoms with Crippen molar-refractivity contribution in [1.82, 2.24) is 25.3 Å². The number of amides is 1. The second-order valence-electron chi connectivity index (χ2n) is 4.20. The molecule has 2 rings (SSSR count). The highest BCUT2D eigenvalue weighted by Crippen LogP contribution is 2.12. The van der Waals surface area contributed by atoms with Gasteiger partial charge in [0.15, 0.2) is 11.6 Å². The number of hydrogen-bond donors (Lipinski definition) is 3. The zero-order valence-corrected chi connectivity index (χ0v) is 10.5. The van der Waals surface area contributed by atoms with Crippen molar-refractivity contribution in [1.29, 1.82) is 0 Å². The van der Waals surface area contributed by atoms with E-state index < -0.39 is 5.82 Å². The monoisotopic (exact) mass is 267 g/mol. The van der Waals surface area contributed by atoms with Crippen LogP contribution in [0.25, 0.3) is 5.82 Å². The summed E-state index contributed by atoms with van der Waals surface area (Å²) >= 11 is 0. The maximum absolute atomic E-state index is 13.4. The molecule has 0 aromatic carbocycles. The van der Waals surface area contributed by atoms with Crippen LogP contribution in [-0.4, -0.2) is 43.6 Å². The molecule has 102 valence electrons. The molecule has 0 saturated carbocycles. The summed E-state index contributed by atoms with van der Waals surface area (Å²) in [7, 11) is 0. The summed E-state index contributed by atoms with van der Waals surface area (Å²) in [5.41, 5.74) is 0.769. The van der Waals surface area contributed by atoms with E-state index in [4.69, 9.17) is 5.11 Å². The second kappa shape index (κ2) is 5.19. The Bertz CT molecular complexity index is 592. The molecule has 0 aliphatic carbocycles. The number of halogens is 1. The van der Waals surface area contributed by atoms with E-state index in [1.54, 1.807) is 13.8 Å². The highest BCUT2D eigenvalue weighted by molar-refractivity contribution is 5.95. The third-order valence-corrected chi connectivity index (χ3v) is 2.60. The first kappa shape index (κ1) is 13.2. The van der Waals surface area contributed by atoms with Crippen molar-refractivity contribution in [3.63, 3.8) is 0 Å². The van der Waals surface area contributed by atoms with Crippen molar-refractivity contribution in [3.05, 3.63) is 29.5 Å². The Kier molecular flexibility index (Phi) is 3.61. The van der Waals surface area contributed by atoms with E-state index in [9.17, 15) is 9.18 Å². The minimum Gasteiger partial charge on any atom is -0.394 e. The lowest BCUT2D eigenvalue weighted by Crippen LogP contribution is -2.35. The van der Waals surface area contributed by atoms with E-state index in [1.165, 1.54) is 10.9 Å². The lowest BCUT2D eigenvalue weighted by Gasteiger charge is -2.09. The number of H-pyrrole nitrogens is 1. The summed E-state index contributed by atoms with van der Waals surface area (Å²) in [6, 6.07) is -0.362. The molecule has 0 aliphatic heterocycles. The maximum atomic E-state index is 13.4. The van der Waals surface area contributed by atoms with Crippen LogP contribution < -0.4 is 5.32 Å². The van der Waals surface area contributed by atoms with Crippen molar-refractivity contribution in [2.45, 2.75) is 19.9 Å². The molecule has 3 N–H and O–H groups in total. The number of nitrogens with zero attached hydrogens (tertiary/aromatic N) is 3. The van der Waals surface area contributed by atoms with Gasteiger partial charge in [-0.25, -0.2) is 9.07 Å². The topological polar surface area (TPSA) is 95.8 Å². The van der Waals surface area contributed by atoms with Crippen LogP contribution in [0.15, 0.2) is 12.4 Å². The Labute approximate surface area is 108 Å². The standard InChI is InChI=1S/C11H14FN5O2/c1-6(5-18)14-11(19)8-4-17(16-7(8)2)10-9(12)3-13-15-10/h3-4,6,18H,5H2,1-2H3,(H,13,15)(H,14,19). The van der Waals surface area contributed by atoms with Crippen LogP contribution in [0.5, 0.6) is 0 Å². The maximum Gasteiger partial charge on any atom is 0.255 e. The molecule has 7 nitrogen and oxygen atoms in total. The molecule has 8 heteroatoms. The Morgan fingerprint density at radius 2 is 2.42 bits per heavy atom. The Morgan fingerprint density at radius 3 is 3.00 bits per heavy atom. The fraction of sp³-hybridized carbons (Fsp3) is 0.364. The van der Waals surface area contributed by atoms with Crippen molar-refractivity contribution < 1.29 is 14.3 Å². The number of aromatic nitrogens is 4. The highest BCUT2D eigenvalue weighted by atomic mass is 19.1. The summed E-state index contributed by atoms with van der Waals surface area (Å²) in [6.45, 7) is 3.16. The van der Waals surface area contributed by atoms with E-state index in [0.717, 1.165) is 6.20 Å². The lowest BCUT2D eigenvalue weighted by atomic mass is 10.2. The molecular weight excluding hydrogens is 253 g/mol. The Balaban J connectivity index is 2.27. The van der Waals surface area contributed by atoms with Crippen LogP contribution in [-0.2, 0) is 0 Å². The van der Waals surface area contributed by atoms with E-state index in [2.05, 4.69) is 20.6 Å². The quantitative estimate of drug-likeness (QED) is 0.735. The average Bonchev–Trinajstić information content (AvgIpc) is 2.94. The van der Waals surface area contributed by atoms with E-state index in [1.807, 2.05) is 0 Å².